The quantitative estimate of drug-likeness (QED) is 0.434. The van der Waals surface area contributed by atoms with Gasteiger partial charge in [-0.2, -0.15) is 9.97 Å². The molecule has 0 atom stereocenters. The number of benzene rings is 1. The summed E-state index contributed by atoms with van der Waals surface area (Å²) in [6.07, 6.45) is 4.94. The monoisotopic (exact) mass is 393 g/mol. The summed E-state index contributed by atoms with van der Waals surface area (Å²) in [6.45, 7) is 0. The predicted octanol–water partition coefficient (Wildman–Crippen LogP) is 3.26. The number of fused-ring (bicyclic) bond motifs is 1. The fourth-order valence-corrected chi connectivity index (χ4v) is 2.84. The average Bonchev–Trinajstić information content (AvgIpc) is 3.22. The van der Waals surface area contributed by atoms with Crippen LogP contribution in [0.5, 0.6) is 17.2 Å². The minimum Gasteiger partial charge on any atom is -0.493 e. The molecule has 10 heteroatoms. The zero-order valence-corrected chi connectivity index (χ0v) is 16.1. The smallest absolute Gasteiger partial charge is 0.231 e. The van der Waals surface area contributed by atoms with E-state index in [2.05, 4.69) is 35.6 Å². The molecule has 3 heterocycles. The molecule has 0 unspecified atom stereocenters. The number of hydrogen-bond acceptors (Lipinski definition) is 9. The fourth-order valence-electron chi connectivity index (χ4n) is 2.84. The molecule has 148 valence electrons. The van der Waals surface area contributed by atoms with Crippen molar-refractivity contribution in [1.82, 2.24) is 24.9 Å². The molecule has 4 rings (SSSR count). The number of aromatic amines is 1. The Labute approximate surface area is 166 Å². The van der Waals surface area contributed by atoms with E-state index in [1.807, 2.05) is 12.1 Å². The molecule has 0 fully saturated rings. The third-order valence-corrected chi connectivity index (χ3v) is 4.13. The van der Waals surface area contributed by atoms with E-state index in [0.29, 0.717) is 45.9 Å². The Morgan fingerprint density at radius 3 is 2.38 bits per heavy atom. The second kappa shape index (κ2) is 7.89. The van der Waals surface area contributed by atoms with Crippen molar-refractivity contribution in [3.63, 3.8) is 0 Å². The van der Waals surface area contributed by atoms with Crippen LogP contribution in [0.1, 0.15) is 0 Å². The van der Waals surface area contributed by atoms with Gasteiger partial charge in [-0.25, -0.2) is 4.98 Å². The SMILES string of the molecule is COc1cc(Nc2nc(Nc3cccnc3)nc3nc[nH]c23)cc(OC)c1OC. The van der Waals surface area contributed by atoms with Crippen molar-refractivity contribution < 1.29 is 14.2 Å². The van der Waals surface area contributed by atoms with E-state index in [4.69, 9.17) is 14.2 Å². The molecule has 3 N–H and O–H groups in total. The number of H-pyrrole nitrogens is 1. The third kappa shape index (κ3) is 3.68. The Kier molecular flexibility index (Phi) is 4.97. The summed E-state index contributed by atoms with van der Waals surface area (Å²) < 4.78 is 16.2. The number of pyridine rings is 1. The molecule has 10 nitrogen and oxygen atoms in total. The van der Waals surface area contributed by atoms with Crippen molar-refractivity contribution in [3.8, 4) is 17.2 Å². The predicted molar refractivity (Wildman–Crippen MR) is 109 cm³/mol. The van der Waals surface area contributed by atoms with Gasteiger partial charge in [0.1, 0.15) is 5.52 Å². The van der Waals surface area contributed by atoms with Gasteiger partial charge in [-0.05, 0) is 12.1 Å². The zero-order valence-electron chi connectivity index (χ0n) is 16.1. The zero-order chi connectivity index (χ0) is 20.2. The van der Waals surface area contributed by atoms with Crippen LogP contribution in [0, 0.1) is 0 Å². The first-order chi connectivity index (χ1) is 14.2. The first-order valence-electron chi connectivity index (χ1n) is 8.67. The number of anilines is 4. The molecule has 0 radical (unpaired) electrons. The number of nitrogens with zero attached hydrogens (tertiary/aromatic N) is 4. The number of ether oxygens (including phenoxy) is 3. The van der Waals surface area contributed by atoms with Crippen molar-refractivity contribution in [2.45, 2.75) is 0 Å². The molecule has 0 saturated heterocycles. The van der Waals surface area contributed by atoms with E-state index in [1.165, 1.54) is 0 Å². The summed E-state index contributed by atoms with van der Waals surface area (Å²) in [5.74, 6) is 2.48. The van der Waals surface area contributed by atoms with Crippen LogP contribution in [0.3, 0.4) is 0 Å². The molecule has 4 aromatic rings. The van der Waals surface area contributed by atoms with Gasteiger partial charge in [0.2, 0.25) is 11.7 Å². The second-order valence-corrected chi connectivity index (χ2v) is 5.90. The van der Waals surface area contributed by atoms with Crippen LogP contribution in [-0.4, -0.2) is 46.2 Å². The maximum atomic E-state index is 5.42. The molecular formula is C19H19N7O3. The van der Waals surface area contributed by atoms with Gasteiger partial charge in [0.25, 0.3) is 0 Å². The summed E-state index contributed by atoms with van der Waals surface area (Å²) in [4.78, 5) is 20.4. The average molecular weight is 393 g/mol. The highest BCUT2D eigenvalue weighted by atomic mass is 16.5. The maximum absolute atomic E-state index is 5.42. The first-order valence-corrected chi connectivity index (χ1v) is 8.67. The van der Waals surface area contributed by atoms with Gasteiger partial charge < -0.3 is 29.8 Å². The molecule has 0 aliphatic rings. The molecule has 3 aromatic heterocycles. The highest BCUT2D eigenvalue weighted by molar-refractivity contribution is 5.87. The summed E-state index contributed by atoms with van der Waals surface area (Å²) in [5.41, 5.74) is 2.64. The van der Waals surface area contributed by atoms with Gasteiger partial charge in [-0.1, -0.05) is 0 Å². The normalized spacial score (nSPS) is 10.6. The number of hydrogen-bond donors (Lipinski definition) is 3. The lowest BCUT2D eigenvalue weighted by atomic mass is 10.2. The van der Waals surface area contributed by atoms with Gasteiger partial charge in [0.15, 0.2) is 23.0 Å². The molecule has 0 saturated carbocycles. The Morgan fingerprint density at radius 2 is 1.72 bits per heavy atom. The van der Waals surface area contributed by atoms with Gasteiger partial charge in [0.05, 0.1) is 39.5 Å². The third-order valence-electron chi connectivity index (χ3n) is 4.13. The summed E-state index contributed by atoms with van der Waals surface area (Å²) in [7, 11) is 4.69. The van der Waals surface area contributed by atoms with Crippen LogP contribution in [0.15, 0.2) is 43.0 Å². The highest BCUT2D eigenvalue weighted by Crippen LogP contribution is 2.40. The molecule has 0 spiro atoms. The minimum absolute atomic E-state index is 0.382. The van der Waals surface area contributed by atoms with Gasteiger partial charge in [0, 0.05) is 24.0 Å². The number of aromatic nitrogens is 5. The van der Waals surface area contributed by atoms with E-state index in [1.54, 1.807) is 52.2 Å². The lowest BCUT2D eigenvalue weighted by Crippen LogP contribution is -2.03. The first kappa shape index (κ1) is 18.3. The molecule has 0 aliphatic heterocycles. The Bertz CT molecular complexity index is 1110. The van der Waals surface area contributed by atoms with E-state index in [9.17, 15) is 0 Å². The van der Waals surface area contributed by atoms with Gasteiger partial charge in [-0.15, -0.1) is 0 Å². The van der Waals surface area contributed by atoms with Gasteiger partial charge in [-0.3, -0.25) is 4.98 Å². The van der Waals surface area contributed by atoms with Crippen LogP contribution in [0.2, 0.25) is 0 Å². The van der Waals surface area contributed by atoms with E-state index >= 15 is 0 Å². The Hall–Kier alpha value is -4.08. The summed E-state index contributed by atoms with van der Waals surface area (Å²) in [5, 5.41) is 6.39. The fraction of sp³-hybridized carbons (Fsp3) is 0.158. The lowest BCUT2D eigenvalue weighted by molar-refractivity contribution is 0.324. The van der Waals surface area contributed by atoms with E-state index < -0.39 is 0 Å². The minimum atomic E-state index is 0.382. The number of methoxy groups -OCH3 is 3. The highest BCUT2D eigenvalue weighted by Gasteiger charge is 2.16. The Balaban J connectivity index is 1.73. The number of imidazole rings is 1. The van der Waals surface area contributed by atoms with E-state index in [0.717, 1.165) is 5.69 Å². The molecule has 0 amide bonds. The standard InChI is InChI=1S/C19H19N7O3/c1-27-13-7-12(8-14(28-2)16(13)29-3)23-18-15-17(22-10-21-15)25-19(26-18)24-11-5-4-6-20-9-11/h4-10H,1-3H3,(H3,21,22,23,24,25,26). The lowest BCUT2D eigenvalue weighted by Gasteiger charge is -2.15. The van der Waals surface area contributed by atoms with Crippen molar-refractivity contribution in [3.05, 3.63) is 43.0 Å². The second-order valence-electron chi connectivity index (χ2n) is 5.90. The van der Waals surface area contributed by atoms with Crippen LogP contribution in [-0.2, 0) is 0 Å². The number of rotatable bonds is 7. The van der Waals surface area contributed by atoms with Crippen LogP contribution in [0.25, 0.3) is 11.2 Å². The van der Waals surface area contributed by atoms with Gasteiger partial charge >= 0.3 is 0 Å². The summed E-state index contributed by atoms with van der Waals surface area (Å²) >= 11 is 0. The van der Waals surface area contributed by atoms with Crippen LogP contribution >= 0.6 is 0 Å². The topological polar surface area (TPSA) is 119 Å². The van der Waals surface area contributed by atoms with Crippen molar-refractivity contribution in [1.29, 1.82) is 0 Å². The van der Waals surface area contributed by atoms with Crippen molar-refractivity contribution in [2.75, 3.05) is 32.0 Å². The molecular weight excluding hydrogens is 374 g/mol. The summed E-state index contributed by atoms with van der Waals surface area (Å²) in [6, 6.07) is 7.28. The van der Waals surface area contributed by atoms with Crippen molar-refractivity contribution in [2.24, 2.45) is 0 Å². The molecule has 29 heavy (non-hydrogen) atoms. The Morgan fingerprint density at radius 1 is 0.931 bits per heavy atom. The maximum Gasteiger partial charge on any atom is 0.231 e. The molecule has 0 bridgehead atoms. The van der Waals surface area contributed by atoms with Crippen molar-refractivity contribution >= 4 is 34.3 Å². The molecule has 1 aromatic carbocycles. The molecule has 0 aliphatic carbocycles. The van der Waals surface area contributed by atoms with Crippen LogP contribution in [0.4, 0.5) is 23.1 Å². The van der Waals surface area contributed by atoms with E-state index in [-0.39, 0.29) is 0 Å². The van der Waals surface area contributed by atoms with Crippen LogP contribution < -0.4 is 24.8 Å². The number of nitrogens with one attached hydrogen (secondary N) is 3. The largest absolute Gasteiger partial charge is 0.493 e.